The molecule has 2 amide bonds. The maximum atomic E-state index is 12.4. The molecule has 5 heteroatoms. The molecule has 120 valence electrons. The minimum atomic E-state index is -0.562. The molecule has 0 heterocycles. The molecule has 1 unspecified atom stereocenters. The zero-order valence-corrected chi connectivity index (χ0v) is 13.2. The summed E-state index contributed by atoms with van der Waals surface area (Å²) in [6, 6.07) is 14.5. The number of hydrogen-bond acceptors (Lipinski definition) is 3. The maximum Gasteiger partial charge on any atom is 0.255 e. The van der Waals surface area contributed by atoms with Crippen molar-refractivity contribution in [3.8, 4) is 5.75 Å². The molecular formula is C18H20N2O3. The lowest BCUT2D eigenvalue weighted by Gasteiger charge is -2.17. The number of amides is 2. The Bertz CT molecular complexity index is 713. The average molecular weight is 312 g/mol. The lowest BCUT2D eigenvalue weighted by molar-refractivity contribution is -0.119. The fourth-order valence-electron chi connectivity index (χ4n) is 2.31. The molecule has 3 N–H and O–H groups in total. The Morgan fingerprint density at radius 1 is 1.17 bits per heavy atom. The highest BCUT2D eigenvalue weighted by molar-refractivity contribution is 5.94. The van der Waals surface area contributed by atoms with E-state index < -0.39 is 5.91 Å². The summed E-state index contributed by atoms with van der Waals surface area (Å²) in [6.07, 6.45) is 0. The number of nitrogens with two attached hydrogens (primary N) is 1. The topological polar surface area (TPSA) is 81.4 Å². The van der Waals surface area contributed by atoms with Gasteiger partial charge >= 0.3 is 0 Å². The van der Waals surface area contributed by atoms with Crippen molar-refractivity contribution >= 4 is 11.8 Å². The summed E-state index contributed by atoms with van der Waals surface area (Å²) in [5.74, 6) is -0.335. The Morgan fingerprint density at radius 3 is 2.61 bits per heavy atom. The van der Waals surface area contributed by atoms with Crippen LogP contribution in [0.25, 0.3) is 0 Å². The van der Waals surface area contributed by atoms with Crippen LogP contribution in [0.4, 0.5) is 0 Å². The molecule has 0 radical (unpaired) electrons. The molecule has 2 rings (SSSR count). The summed E-state index contributed by atoms with van der Waals surface area (Å²) < 4.78 is 5.21. The highest BCUT2D eigenvalue weighted by Gasteiger charge is 2.13. The minimum Gasteiger partial charge on any atom is -0.484 e. The fraction of sp³-hybridized carbons (Fsp3) is 0.222. The van der Waals surface area contributed by atoms with E-state index in [1.807, 2.05) is 38.1 Å². The number of ether oxygens (including phenoxy) is 1. The van der Waals surface area contributed by atoms with Gasteiger partial charge in [-0.15, -0.1) is 0 Å². The van der Waals surface area contributed by atoms with Gasteiger partial charge in [-0.05, 0) is 43.2 Å². The second-order valence-corrected chi connectivity index (χ2v) is 5.33. The molecule has 0 spiro atoms. The maximum absolute atomic E-state index is 12.4. The summed E-state index contributed by atoms with van der Waals surface area (Å²) in [5.41, 5.74) is 7.70. The van der Waals surface area contributed by atoms with Gasteiger partial charge in [-0.25, -0.2) is 0 Å². The van der Waals surface area contributed by atoms with Gasteiger partial charge in [0.2, 0.25) is 0 Å². The van der Waals surface area contributed by atoms with Crippen LogP contribution in [0.1, 0.15) is 34.5 Å². The van der Waals surface area contributed by atoms with Crippen molar-refractivity contribution in [1.29, 1.82) is 0 Å². The zero-order valence-electron chi connectivity index (χ0n) is 13.2. The third-order valence-electron chi connectivity index (χ3n) is 3.48. The molecule has 0 bridgehead atoms. The molecule has 0 saturated carbocycles. The van der Waals surface area contributed by atoms with Crippen molar-refractivity contribution in [2.75, 3.05) is 6.61 Å². The molecule has 0 fully saturated rings. The summed E-state index contributed by atoms with van der Waals surface area (Å²) in [7, 11) is 0. The van der Waals surface area contributed by atoms with Gasteiger partial charge in [-0.1, -0.05) is 30.3 Å². The van der Waals surface area contributed by atoms with Crippen LogP contribution in [-0.4, -0.2) is 18.4 Å². The quantitative estimate of drug-likeness (QED) is 0.859. The Labute approximate surface area is 135 Å². The molecule has 0 aliphatic rings. The molecule has 2 aromatic carbocycles. The first-order chi connectivity index (χ1) is 11.0. The second kappa shape index (κ2) is 7.45. The molecule has 5 nitrogen and oxygen atoms in total. The number of benzene rings is 2. The van der Waals surface area contributed by atoms with E-state index in [1.54, 1.807) is 24.3 Å². The SMILES string of the molecule is Cc1ccccc1C(C)NC(=O)c1cccc(OCC(N)=O)c1. The smallest absolute Gasteiger partial charge is 0.255 e. The number of nitrogens with one attached hydrogen (secondary N) is 1. The fourth-order valence-corrected chi connectivity index (χ4v) is 2.31. The van der Waals surface area contributed by atoms with Crippen molar-refractivity contribution in [2.24, 2.45) is 5.73 Å². The number of carbonyl (C=O) groups is 2. The summed E-state index contributed by atoms with van der Waals surface area (Å²) in [5, 5.41) is 2.96. The Kier molecular flexibility index (Phi) is 5.36. The highest BCUT2D eigenvalue weighted by atomic mass is 16.5. The number of carbonyl (C=O) groups excluding carboxylic acids is 2. The van der Waals surface area contributed by atoms with Crippen molar-refractivity contribution in [3.63, 3.8) is 0 Å². The Balaban J connectivity index is 2.07. The third kappa shape index (κ3) is 4.57. The van der Waals surface area contributed by atoms with Crippen LogP contribution in [0.2, 0.25) is 0 Å². The van der Waals surface area contributed by atoms with Crippen LogP contribution in [0.5, 0.6) is 5.75 Å². The van der Waals surface area contributed by atoms with E-state index >= 15 is 0 Å². The van der Waals surface area contributed by atoms with Crippen LogP contribution in [-0.2, 0) is 4.79 Å². The van der Waals surface area contributed by atoms with Gasteiger partial charge in [-0.2, -0.15) is 0 Å². The highest BCUT2D eigenvalue weighted by Crippen LogP contribution is 2.18. The summed E-state index contributed by atoms with van der Waals surface area (Å²) >= 11 is 0. The molecule has 0 aliphatic heterocycles. The Morgan fingerprint density at radius 2 is 1.91 bits per heavy atom. The second-order valence-electron chi connectivity index (χ2n) is 5.33. The molecule has 2 aromatic rings. The van der Waals surface area contributed by atoms with Crippen molar-refractivity contribution in [1.82, 2.24) is 5.32 Å². The van der Waals surface area contributed by atoms with E-state index in [9.17, 15) is 9.59 Å². The number of aryl methyl sites for hydroxylation is 1. The van der Waals surface area contributed by atoms with Gasteiger partial charge < -0.3 is 15.8 Å². The van der Waals surface area contributed by atoms with Crippen molar-refractivity contribution in [3.05, 3.63) is 65.2 Å². The van der Waals surface area contributed by atoms with Crippen LogP contribution in [0, 0.1) is 6.92 Å². The van der Waals surface area contributed by atoms with Crippen LogP contribution in [0.15, 0.2) is 48.5 Å². The summed E-state index contributed by atoms with van der Waals surface area (Å²) in [4.78, 5) is 23.1. The lowest BCUT2D eigenvalue weighted by Crippen LogP contribution is -2.27. The number of rotatable bonds is 6. The van der Waals surface area contributed by atoms with E-state index in [-0.39, 0.29) is 18.6 Å². The normalized spacial score (nSPS) is 11.6. The standard InChI is InChI=1S/C18H20N2O3/c1-12-6-3-4-9-16(12)13(2)20-18(22)14-7-5-8-15(10-14)23-11-17(19)21/h3-10,13H,11H2,1-2H3,(H2,19,21)(H,20,22). The van der Waals surface area contributed by atoms with Gasteiger partial charge in [0.25, 0.3) is 11.8 Å². The summed E-state index contributed by atoms with van der Waals surface area (Å²) in [6.45, 7) is 3.73. The number of hydrogen-bond donors (Lipinski definition) is 2. The molecule has 23 heavy (non-hydrogen) atoms. The average Bonchev–Trinajstić information content (AvgIpc) is 2.53. The van der Waals surface area contributed by atoms with Crippen molar-refractivity contribution in [2.45, 2.75) is 19.9 Å². The predicted molar refractivity (Wildman–Crippen MR) is 88.2 cm³/mol. The van der Waals surface area contributed by atoms with Gasteiger partial charge in [0.05, 0.1) is 6.04 Å². The van der Waals surface area contributed by atoms with E-state index in [1.165, 1.54) is 0 Å². The van der Waals surface area contributed by atoms with E-state index in [0.29, 0.717) is 11.3 Å². The third-order valence-corrected chi connectivity index (χ3v) is 3.48. The monoisotopic (exact) mass is 312 g/mol. The first-order valence-electron chi connectivity index (χ1n) is 7.35. The molecule has 0 saturated heterocycles. The van der Waals surface area contributed by atoms with Gasteiger partial charge in [0.1, 0.15) is 5.75 Å². The largest absolute Gasteiger partial charge is 0.484 e. The molecule has 0 aliphatic carbocycles. The van der Waals surface area contributed by atoms with Gasteiger partial charge in [0.15, 0.2) is 6.61 Å². The van der Waals surface area contributed by atoms with Crippen LogP contribution in [0.3, 0.4) is 0 Å². The molecule has 0 aromatic heterocycles. The predicted octanol–water partition coefficient (Wildman–Crippen LogP) is 2.35. The van der Waals surface area contributed by atoms with Crippen molar-refractivity contribution < 1.29 is 14.3 Å². The van der Waals surface area contributed by atoms with Gasteiger partial charge in [-0.3, -0.25) is 9.59 Å². The van der Waals surface area contributed by atoms with Crippen LogP contribution < -0.4 is 15.8 Å². The first-order valence-corrected chi connectivity index (χ1v) is 7.35. The Hall–Kier alpha value is -2.82. The van der Waals surface area contributed by atoms with E-state index in [4.69, 9.17) is 10.5 Å². The molecular weight excluding hydrogens is 292 g/mol. The zero-order chi connectivity index (χ0) is 16.8. The van der Waals surface area contributed by atoms with Crippen LogP contribution >= 0.6 is 0 Å². The molecule has 1 atom stereocenters. The number of primary amides is 1. The lowest BCUT2D eigenvalue weighted by atomic mass is 10.0. The van der Waals surface area contributed by atoms with E-state index in [2.05, 4.69) is 5.32 Å². The van der Waals surface area contributed by atoms with E-state index in [0.717, 1.165) is 11.1 Å². The minimum absolute atomic E-state index is 0.112. The van der Waals surface area contributed by atoms with Gasteiger partial charge in [0, 0.05) is 5.56 Å². The first kappa shape index (κ1) is 16.5.